The molecule has 1 aromatic heterocycles. The lowest BCUT2D eigenvalue weighted by Gasteiger charge is -2.12. The van der Waals surface area contributed by atoms with Crippen molar-refractivity contribution in [1.29, 1.82) is 0 Å². The van der Waals surface area contributed by atoms with Crippen LogP contribution in [0.15, 0.2) is 29.2 Å². The van der Waals surface area contributed by atoms with Gasteiger partial charge in [0.05, 0.1) is 11.1 Å². The molecular formula is C14H9F2NO2. The summed E-state index contributed by atoms with van der Waals surface area (Å²) in [6, 6.07) is 0.866. The average Bonchev–Trinajstić information content (AvgIpc) is 2.62. The van der Waals surface area contributed by atoms with E-state index in [-0.39, 0.29) is 22.9 Å². The maximum atomic E-state index is 13.8. The lowest BCUT2D eigenvalue weighted by Crippen LogP contribution is -2.16. The molecular weight excluding hydrogens is 252 g/mol. The number of hydrogen-bond donors (Lipinski definition) is 0. The van der Waals surface area contributed by atoms with Crippen molar-refractivity contribution >= 4 is 17.2 Å². The summed E-state index contributed by atoms with van der Waals surface area (Å²) in [7, 11) is 0. The third-order valence-corrected chi connectivity index (χ3v) is 3.29. The van der Waals surface area contributed by atoms with Crippen LogP contribution in [0.5, 0.6) is 0 Å². The lowest BCUT2D eigenvalue weighted by molar-refractivity contribution is 0.112. The topological polar surface area (TPSA) is 39.1 Å². The van der Waals surface area contributed by atoms with Crippen LogP contribution in [0.25, 0.3) is 10.9 Å². The summed E-state index contributed by atoms with van der Waals surface area (Å²) >= 11 is 0. The summed E-state index contributed by atoms with van der Waals surface area (Å²) < 4.78 is 29.0. The predicted octanol–water partition coefficient (Wildman–Crippen LogP) is 2.20. The van der Waals surface area contributed by atoms with E-state index in [1.807, 2.05) is 0 Å². The minimum absolute atomic E-state index is 0.0437. The molecule has 1 aliphatic heterocycles. The molecule has 1 aliphatic rings. The van der Waals surface area contributed by atoms with Crippen molar-refractivity contribution in [2.24, 2.45) is 0 Å². The monoisotopic (exact) mass is 261 g/mol. The van der Waals surface area contributed by atoms with E-state index in [0.717, 1.165) is 6.07 Å². The fourth-order valence-corrected chi connectivity index (χ4v) is 2.42. The predicted molar refractivity (Wildman–Crippen MR) is 66.4 cm³/mol. The first-order valence-corrected chi connectivity index (χ1v) is 5.77. The summed E-state index contributed by atoms with van der Waals surface area (Å²) in [6.07, 6.45) is 5.54. The molecule has 96 valence electrons. The van der Waals surface area contributed by atoms with E-state index < -0.39 is 17.1 Å². The molecule has 2 heterocycles. The van der Waals surface area contributed by atoms with Gasteiger partial charge in [0, 0.05) is 23.7 Å². The van der Waals surface area contributed by atoms with Crippen molar-refractivity contribution in [2.75, 3.05) is 0 Å². The Morgan fingerprint density at radius 1 is 1.26 bits per heavy atom. The van der Waals surface area contributed by atoms with Crippen molar-refractivity contribution in [3.8, 4) is 0 Å². The van der Waals surface area contributed by atoms with E-state index >= 15 is 0 Å². The van der Waals surface area contributed by atoms with Crippen LogP contribution in [0.4, 0.5) is 8.78 Å². The molecule has 0 bridgehead atoms. The van der Waals surface area contributed by atoms with Gasteiger partial charge in [-0.25, -0.2) is 8.78 Å². The van der Waals surface area contributed by atoms with Crippen LogP contribution in [0.1, 0.15) is 15.9 Å². The van der Waals surface area contributed by atoms with Crippen molar-refractivity contribution in [1.82, 2.24) is 4.57 Å². The summed E-state index contributed by atoms with van der Waals surface area (Å²) in [4.78, 5) is 22.9. The molecule has 0 saturated carbocycles. The Balaban J connectivity index is 2.59. The van der Waals surface area contributed by atoms with Crippen LogP contribution >= 0.6 is 0 Å². The van der Waals surface area contributed by atoms with Crippen molar-refractivity contribution in [3.05, 3.63) is 57.4 Å². The standard InChI is InChI=1S/C14H9F2NO2/c15-11-5-10-13-9(12(11)16)3-1-2-4-17(13)6-8(7-18)14(10)19/h1-2,5-7H,3-4H2. The van der Waals surface area contributed by atoms with Crippen molar-refractivity contribution in [3.63, 3.8) is 0 Å². The Labute approximate surface area is 106 Å². The minimum atomic E-state index is -1.07. The van der Waals surface area contributed by atoms with Gasteiger partial charge in [-0.15, -0.1) is 0 Å². The minimum Gasteiger partial charge on any atom is -0.342 e. The normalized spacial score (nSPS) is 13.6. The summed E-state index contributed by atoms with van der Waals surface area (Å²) in [5, 5.41) is 0.0437. The molecule has 5 heteroatoms. The second kappa shape index (κ2) is 4.12. The fraction of sp³-hybridized carbons (Fsp3) is 0.143. The third kappa shape index (κ3) is 1.62. The van der Waals surface area contributed by atoms with E-state index in [4.69, 9.17) is 0 Å². The summed E-state index contributed by atoms with van der Waals surface area (Å²) in [5.41, 5.74) is -0.110. The zero-order valence-electron chi connectivity index (χ0n) is 9.82. The number of benzene rings is 1. The van der Waals surface area contributed by atoms with Crippen LogP contribution in [0, 0.1) is 11.6 Å². The molecule has 0 atom stereocenters. The molecule has 2 aromatic rings. The molecule has 19 heavy (non-hydrogen) atoms. The Hall–Kier alpha value is -2.30. The van der Waals surface area contributed by atoms with Gasteiger partial charge in [-0.05, 0) is 12.5 Å². The first-order chi connectivity index (χ1) is 9.13. The SMILES string of the molecule is O=Cc1cn2c3c(c(F)c(F)cc3c1=O)CC=CC2. The lowest BCUT2D eigenvalue weighted by atomic mass is 10.0. The first kappa shape index (κ1) is 11.8. The summed E-state index contributed by atoms with van der Waals surface area (Å²) in [5.74, 6) is -2.00. The highest BCUT2D eigenvalue weighted by Crippen LogP contribution is 2.25. The van der Waals surface area contributed by atoms with Crippen molar-refractivity contribution in [2.45, 2.75) is 13.0 Å². The van der Waals surface area contributed by atoms with Crippen molar-refractivity contribution < 1.29 is 13.6 Å². The Morgan fingerprint density at radius 3 is 2.79 bits per heavy atom. The van der Waals surface area contributed by atoms with E-state index in [9.17, 15) is 18.4 Å². The fourth-order valence-electron chi connectivity index (χ4n) is 2.42. The quantitative estimate of drug-likeness (QED) is 0.583. The number of nitrogens with zero attached hydrogens (tertiary/aromatic N) is 1. The number of aldehydes is 1. The van der Waals surface area contributed by atoms with Crippen LogP contribution in [-0.4, -0.2) is 10.9 Å². The molecule has 3 nitrogen and oxygen atoms in total. The zero-order valence-corrected chi connectivity index (χ0v) is 9.82. The maximum Gasteiger partial charge on any atom is 0.200 e. The van der Waals surface area contributed by atoms with Gasteiger partial charge in [0.25, 0.3) is 0 Å². The molecule has 3 rings (SSSR count). The Bertz CT molecular complexity index is 790. The molecule has 0 unspecified atom stereocenters. The van der Waals surface area contributed by atoms with E-state index in [1.54, 1.807) is 16.7 Å². The number of allylic oxidation sites excluding steroid dienone is 2. The molecule has 0 saturated heterocycles. The molecule has 0 spiro atoms. The van der Waals surface area contributed by atoms with Gasteiger partial charge in [0.15, 0.2) is 23.3 Å². The van der Waals surface area contributed by atoms with Crippen LogP contribution in [0.3, 0.4) is 0 Å². The second-order valence-corrected chi connectivity index (χ2v) is 4.41. The number of hydrogen-bond acceptors (Lipinski definition) is 2. The number of carbonyl (C=O) groups is 1. The Morgan fingerprint density at radius 2 is 2.05 bits per heavy atom. The number of rotatable bonds is 1. The van der Waals surface area contributed by atoms with E-state index in [0.29, 0.717) is 18.3 Å². The van der Waals surface area contributed by atoms with E-state index in [1.165, 1.54) is 6.20 Å². The van der Waals surface area contributed by atoms with Gasteiger partial charge in [0.2, 0.25) is 0 Å². The number of aromatic nitrogens is 1. The molecule has 0 amide bonds. The molecule has 0 aliphatic carbocycles. The number of halogens is 2. The molecule has 0 fully saturated rings. The molecule has 0 N–H and O–H groups in total. The first-order valence-electron chi connectivity index (χ1n) is 5.77. The van der Waals surface area contributed by atoms with Crippen LogP contribution in [-0.2, 0) is 13.0 Å². The maximum absolute atomic E-state index is 13.8. The second-order valence-electron chi connectivity index (χ2n) is 4.41. The number of pyridine rings is 1. The average molecular weight is 261 g/mol. The van der Waals surface area contributed by atoms with Gasteiger partial charge in [-0.2, -0.15) is 0 Å². The van der Waals surface area contributed by atoms with Gasteiger partial charge in [-0.3, -0.25) is 9.59 Å². The van der Waals surface area contributed by atoms with Crippen LogP contribution < -0.4 is 5.43 Å². The number of carbonyl (C=O) groups excluding carboxylic acids is 1. The van der Waals surface area contributed by atoms with E-state index in [2.05, 4.69) is 0 Å². The van der Waals surface area contributed by atoms with Gasteiger partial charge in [0.1, 0.15) is 0 Å². The highest BCUT2D eigenvalue weighted by atomic mass is 19.2. The van der Waals surface area contributed by atoms with Gasteiger partial charge in [-0.1, -0.05) is 12.2 Å². The van der Waals surface area contributed by atoms with Gasteiger partial charge < -0.3 is 4.57 Å². The molecule has 1 aromatic carbocycles. The molecule has 0 radical (unpaired) electrons. The third-order valence-electron chi connectivity index (χ3n) is 3.29. The van der Waals surface area contributed by atoms with Gasteiger partial charge >= 0.3 is 0 Å². The highest BCUT2D eigenvalue weighted by molar-refractivity contribution is 5.88. The zero-order chi connectivity index (χ0) is 13.6. The highest BCUT2D eigenvalue weighted by Gasteiger charge is 2.19. The Kier molecular flexibility index (Phi) is 2.55. The summed E-state index contributed by atoms with van der Waals surface area (Å²) in [6.45, 7) is 0.412. The smallest absolute Gasteiger partial charge is 0.200 e. The largest absolute Gasteiger partial charge is 0.342 e. The van der Waals surface area contributed by atoms with Crippen LogP contribution in [0.2, 0.25) is 0 Å².